The molecule has 1 heterocycles. The van der Waals surface area contributed by atoms with Crippen LogP contribution in [0.2, 0.25) is 5.02 Å². The third-order valence-electron chi connectivity index (χ3n) is 5.21. The van der Waals surface area contributed by atoms with Crippen molar-refractivity contribution in [1.82, 2.24) is 9.78 Å². The molecule has 0 spiro atoms. The Bertz CT molecular complexity index is 980. The Balaban J connectivity index is 1.47. The molecule has 0 radical (unpaired) electrons. The maximum Gasteiger partial charge on any atom is 0.228 e. The zero-order chi connectivity index (χ0) is 19.0. The molecule has 1 saturated carbocycles. The number of aryl methyl sites for hydroxylation is 1. The topological polar surface area (TPSA) is 46.9 Å². The Labute approximate surface area is 164 Å². The van der Waals surface area contributed by atoms with E-state index in [1.54, 1.807) is 0 Å². The van der Waals surface area contributed by atoms with Crippen LogP contribution in [0.1, 0.15) is 34.9 Å². The van der Waals surface area contributed by atoms with E-state index in [-0.39, 0.29) is 11.8 Å². The van der Waals surface area contributed by atoms with Gasteiger partial charge in [0.15, 0.2) is 0 Å². The lowest BCUT2D eigenvalue weighted by atomic mass is 10.1. The van der Waals surface area contributed by atoms with Crippen molar-refractivity contribution in [3.05, 3.63) is 82.1 Å². The van der Waals surface area contributed by atoms with Crippen LogP contribution < -0.4 is 5.32 Å². The number of halogens is 1. The number of nitrogens with one attached hydrogen (secondary N) is 1. The van der Waals surface area contributed by atoms with E-state index in [4.69, 9.17) is 11.6 Å². The molecule has 1 N–H and O–H groups in total. The molecule has 1 aliphatic carbocycles. The largest absolute Gasteiger partial charge is 0.323 e. The molecule has 2 atom stereocenters. The predicted molar refractivity (Wildman–Crippen MR) is 108 cm³/mol. The van der Waals surface area contributed by atoms with Crippen LogP contribution in [0, 0.1) is 19.8 Å². The summed E-state index contributed by atoms with van der Waals surface area (Å²) in [5.74, 6) is 0.452. The summed E-state index contributed by atoms with van der Waals surface area (Å²) in [6.45, 7) is 4.54. The van der Waals surface area contributed by atoms with E-state index in [0.29, 0.717) is 17.5 Å². The van der Waals surface area contributed by atoms with Crippen LogP contribution in [0.25, 0.3) is 0 Å². The highest BCUT2D eigenvalue weighted by Gasteiger charge is 2.44. The molecule has 5 heteroatoms. The Kier molecular flexibility index (Phi) is 4.75. The van der Waals surface area contributed by atoms with E-state index < -0.39 is 0 Å². The van der Waals surface area contributed by atoms with Gasteiger partial charge in [-0.1, -0.05) is 54.1 Å². The summed E-state index contributed by atoms with van der Waals surface area (Å²) < 4.78 is 1.91. The van der Waals surface area contributed by atoms with E-state index in [2.05, 4.69) is 22.5 Å². The molecule has 1 fully saturated rings. The normalized spacial score (nSPS) is 18.3. The molecule has 1 aliphatic rings. The van der Waals surface area contributed by atoms with Crippen LogP contribution in [0.5, 0.6) is 0 Å². The average Bonchev–Trinajstić information content (AvgIpc) is 3.42. The number of benzene rings is 2. The van der Waals surface area contributed by atoms with E-state index in [0.717, 1.165) is 29.1 Å². The molecule has 4 nitrogen and oxygen atoms in total. The highest BCUT2D eigenvalue weighted by Crippen LogP contribution is 2.48. The van der Waals surface area contributed by atoms with Crippen LogP contribution in [0.4, 0.5) is 5.69 Å². The number of anilines is 1. The number of carbonyl (C=O) groups excluding carboxylic acids is 1. The van der Waals surface area contributed by atoms with Gasteiger partial charge >= 0.3 is 0 Å². The number of hydrogen-bond acceptors (Lipinski definition) is 2. The molecule has 4 rings (SSSR count). The average molecular weight is 380 g/mol. The van der Waals surface area contributed by atoms with Crippen LogP contribution in [-0.4, -0.2) is 15.7 Å². The van der Waals surface area contributed by atoms with Crippen molar-refractivity contribution < 1.29 is 4.79 Å². The van der Waals surface area contributed by atoms with E-state index in [1.165, 1.54) is 5.56 Å². The zero-order valence-corrected chi connectivity index (χ0v) is 16.2. The van der Waals surface area contributed by atoms with Gasteiger partial charge in [-0.05, 0) is 49.4 Å². The van der Waals surface area contributed by atoms with Crippen molar-refractivity contribution in [1.29, 1.82) is 0 Å². The molecule has 2 aromatic carbocycles. The Hall–Kier alpha value is -2.59. The van der Waals surface area contributed by atoms with Crippen molar-refractivity contribution in [2.24, 2.45) is 5.92 Å². The number of aromatic nitrogens is 2. The Morgan fingerprint density at radius 3 is 2.70 bits per heavy atom. The fourth-order valence-corrected chi connectivity index (χ4v) is 3.82. The summed E-state index contributed by atoms with van der Waals surface area (Å²) >= 11 is 6.08. The second kappa shape index (κ2) is 7.20. The van der Waals surface area contributed by atoms with Crippen molar-refractivity contribution in [2.75, 3.05) is 5.32 Å². The van der Waals surface area contributed by atoms with Gasteiger partial charge in [0.1, 0.15) is 0 Å². The minimum atomic E-state index is 0.0440. The summed E-state index contributed by atoms with van der Waals surface area (Å²) in [7, 11) is 0. The van der Waals surface area contributed by atoms with Crippen molar-refractivity contribution in [3.63, 3.8) is 0 Å². The molecular weight excluding hydrogens is 358 g/mol. The van der Waals surface area contributed by atoms with E-state index in [9.17, 15) is 4.79 Å². The molecule has 27 heavy (non-hydrogen) atoms. The van der Waals surface area contributed by atoms with Gasteiger partial charge < -0.3 is 5.32 Å². The molecular formula is C22H22ClN3O. The molecule has 0 bridgehead atoms. The van der Waals surface area contributed by atoms with Gasteiger partial charge in [0.25, 0.3) is 0 Å². The summed E-state index contributed by atoms with van der Waals surface area (Å²) in [4.78, 5) is 12.7. The predicted octanol–water partition coefficient (Wildman–Crippen LogP) is 4.94. The zero-order valence-electron chi connectivity index (χ0n) is 15.4. The van der Waals surface area contributed by atoms with Crippen LogP contribution in [0.3, 0.4) is 0 Å². The molecule has 0 saturated heterocycles. The molecule has 3 aromatic rings. The first-order valence-corrected chi connectivity index (χ1v) is 9.55. The first-order valence-electron chi connectivity index (χ1n) is 9.17. The number of nitrogens with zero attached hydrogens (tertiary/aromatic N) is 2. The maximum absolute atomic E-state index is 12.7. The molecule has 1 amide bonds. The fourth-order valence-electron chi connectivity index (χ4n) is 3.61. The first kappa shape index (κ1) is 17.8. The molecule has 1 aromatic heterocycles. The molecule has 0 aliphatic heterocycles. The third-order valence-corrected chi connectivity index (χ3v) is 5.44. The van der Waals surface area contributed by atoms with Crippen LogP contribution in [-0.2, 0) is 11.3 Å². The van der Waals surface area contributed by atoms with Crippen molar-refractivity contribution in [2.45, 2.75) is 32.7 Å². The Morgan fingerprint density at radius 1 is 1.19 bits per heavy atom. The maximum atomic E-state index is 12.7. The fraction of sp³-hybridized carbons (Fsp3) is 0.273. The lowest BCUT2D eigenvalue weighted by Gasteiger charge is -2.08. The minimum Gasteiger partial charge on any atom is -0.323 e. The summed E-state index contributed by atoms with van der Waals surface area (Å²) in [5, 5.41) is 8.42. The van der Waals surface area contributed by atoms with Gasteiger partial charge in [0.05, 0.1) is 23.6 Å². The van der Waals surface area contributed by atoms with Gasteiger partial charge in [-0.15, -0.1) is 0 Å². The van der Waals surface area contributed by atoms with Gasteiger partial charge in [0.2, 0.25) is 5.91 Å². The lowest BCUT2D eigenvalue weighted by Crippen LogP contribution is -2.16. The quantitative estimate of drug-likeness (QED) is 0.682. The second-order valence-electron chi connectivity index (χ2n) is 7.18. The third kappa shape index (κ3) is 3.76. The van der Waals surface area contributed by atoms with E-state index in [1.807, 2.05) is 61.0 Å². The molecule has 0 unspecified atom stereocenters. The summed E-state index contributed by atoms with van der Waals surface area (Å²) in [5.41, 5.74) is 4.93. The SMILES string of the molecule is Cc1nn(Cc2cccc(Cl)c2)c(C)c1NC(=O)[C@H]1C[C@@H]1c1ccccc1. The minimum absolute atomic E-state index is 0.0440. The standard InChI is InChI=1S/C22H22ClN3O/c1-14-21(15(2)26(25-14)13-16-7-6-10-18(23)11-16)24-22(27)20-12-19(20)17-8-4-3-5-9-17/h3-11,19-20H,12-13H2,1-2H3,(H,24,27)/t19-,20+/m1/s1. The first-order chi connectivity index (χ1) is 13.0. The van der Waals surface area contributed by atoms with Gasteiger partial charge in [-0.3, -0.25) is 9.48 Å². The van der Waals surface area contributed by atoms with Crippen LogP contribution >= 0.6 is 11.6 Å². The highest BCUT2D eigenvalue weighted by molar-refractivity contribution is 6.30. The van der Waals surface area contributed by atoms with Gasteiger partial charge in [0, 0.05) is 10.9 Å². The number of rotatable bonds is 5. The Morgan fingerprint density at radius 2 is 1.96 bits per heavy atom. The van der Waals surface area contributed by atoms with Gasteiger partial charge in [-0.25, -0.2) is 0 Å². The smallest absolute Gasteiger partial charge is 0.228 e. The van der Waals surface area contributed by atoms with Crippen molar-refractivity contribution >= 4 is 23.2 Å². The summed E-state index contributed by atoms with van der Waals surface area (Å²) in [6, 6.07) is 18.0. The second-order valence-corrected chi connectivity index (χ2v) is 7.62. The van der Waals surface area contributed by atoms with Crippen molar-refractivity contribution in [3.8, 4) is 0 Å². The summed E-state index contributed by atoms with van der Waals surface area (Å²) in [6.07, 6.45) is 0.907. The molecule has 138 valence electrons. The monoisotopic (exact) mass is 379 g/mol. The van der Waals surface area contributed by atoms with Gasteiger partial charge in [-0.2, -0.15) is 5.10 Å². The number of carbonyl (C=O) groups is 1. The number of hydrogen-bond donors (Lipinski definition) is 1. The lowest BCUT2D eigenvalue weighted by molar-refractivity contribution is -0.117. The highest BCUT2D eigenvalue weighted by atomic mass is 35.5. The number of amides is 1. The van der Waals surface area contributed by atoms with E-state index >= 15 is 0 Å². The van der Waals surface area contributed by atoms with Crippen LogP contribution in [0.15, 0.2) is 54.6 Å².